The molecule has 3 aromatic carbocycles. The summed E-state index contributed by atoms with van der Waals surface area (Å²) in [5.41, 5.74) is 4.24. The zero-order valence-electron chi connectivity index (χ0n) is 16.0. The molecule has 1 aliphatic rings. The average molecular weight is 533 g/mol. The van der Waals surface area contributed by atoms with Crippen LogP contribution in [0.3, 0.4) is 0 Å². The fourth-order valence-electron chi connectivity index (χ4n) is 4.23. The minimum absolute atomic E-state index is 0.151. The van der Waals surface area contributed by atoms with Crippen molar-refractivity contribution >= 4 is 49.0 Å². The molecule has 3 aromatic rings. The molecule has 0 saturated carbocycles. The summed E-state index contributed by atoms with van der Waals surface area (Å²) < 4.78 is 2.14. The summed E-state index contributed by atoms with van der Waals surface area (Å²) in [6.45, 7) is 2.10. The van der Waals surface area contributed by atoms with Gasteiger partial charge in [-0.05, 0) is 66.2 Å². The highest BCUT2D eigenvalue weighted by Crippen LogP contribution is 2.49. The van der Waals surface area contributed by atoms with Crippen LogP contribution in [-0.2, 0) is 5.60 Å². The minimum atomic E-state index is -1.14. The van der Waals surface area contributed by atoms with Gasteiger partial charge in [0, 0.05) is 19.5 Å². The van der Waals surface area contributed by atoms with E-state index in [1.54, 1.807) is 0 Å². The highest BCUT2D eigenvalue weighted by atomic mass is 79.9. The van der Waals surface area contributed by atoms with Crippen LogP contribution in [0.1, 0.15) is 41.0 Å². The second kappa shape index (κ2) is 8.39. The van der Waals surface area contributed by atoms with Crippen LogP contribution in [0.25, 0.3) is 5.57 Å². The van der Waals surface area contributed by atoms with E-state index in [-0.39, 0.29) is 5.92 Å². The number of rotatable bonds is 3. The van der Waals surface area contributed by atoms with Crippen molar-refractivity contribution in [3.8, 4) is 0 Å². The maximum Gasteiger partial charge on any atom is 0.110 e. The number of benzene rings is 3. The van der Waals surface area contributed by atoms with Crippen molar-refractivity contribution in [1.82, 2.24) is 0 Å². The Balaban J connectivity index is 1.88. The lowest BCUT2D eigenvalue weighted by Crippen LogP contribution is -2.30. The van der Waals surface area contributed by atoms with Crippen LogP contribution in [0.15, 0.2) is 81.8 Å². The van der Waals surface area contributed by atoms with Crippen molar-refractivity contribution in [2.24, 2.45) is 0 Å². The maximum atomic E-state index is 11.8. The van der Waals surface area contributed by atoms with Gasteiger partial charge in [0.25, 0.3) is 0 Å². The van der Waals surface area contributed by atoms with E-state index in [1.165, 1.54) is 11.1 Å². The fourth-order valence-corrected chi connectivity index (χ4v) is 5.66. The van der Waals surface area contributed by atoms with Crippen LogP contribution in [0.4, 0.5) is 0 Å². The van der Waals surface area contributed by atoms with Gasteiger partial charge in [-0.2, -0.15) is 0 Å². The van der Waals surface area contributed by atoms with E-state index in [0.717, 1.165) is 32.1 Å². The molecular weight excluding hydrogens is 512 g/mol. The van der Waals surface area contributed by atoms with Crippen molar-refractivity contribution in [2.75, 3.05) is 0 Å². The van der Waals surface area contributed by atoms with Gasteiger partial charge in [0.15, 0.2) is 0 Å². The van der Waals surface area contributed by atoms with Crippen molar-refractivity contribution < 1.29 is 5.11 Å². The summed E-state index contributed by atoms with van der Waals surface area (Å²) in [4.78, 5) is 0. The molecule has 0 fully saturated rings. The molecule has 0 amide bonds. The maximum absolute atomic E-state index is 11.8. The van der Waals surface area contributed by atoms with Crippen LogP contribution < -0.4 is 0 Å². The van der Waals surface area contributed by atoms with Gasteiger partial charge >= 0.3 is 0 Å². The van der Waals surface area contributed by atoms with Gasteiger partial charge in [-0.3, -0.25) is 0 Å². The van der Waals surface area contributed by atoms with Crippen LogP contribution in [0, 0.1) is 6.92 Å². The number of allylic oxidation sites excluding steroid dienone is 1. The van der Waals surface area contributed by atoms with E-state index in [4.69, 9.17) is 11.6 Å². The summed E-state index contributed by atoms with van der Waals surface area (Å²) in [5, 5.41) is 12.4. The largest absolute Gasteiger partial charge is 0.381 e. The molecule has 0 heterocycles. The van der Waals surface area contributed by atoms with Gasteiger partial charge < -0.3 is 5.11 Å². The molecule has 1 N–H and O–H groups in total. The number of hydrogen-bond acceptors (Lipinski definition) is 1. The highest BCUT2D eigenvalue weighted by molar-refractivity contribution is 9.10. The molecule has 0 aromatic heterocycles. The van der Waals surface area contributed by atoms with E-state index in [9.17, 15) is 5.11 Å². The van der Waals surface area contributed by atoms with E-state index in [1.807, 2.05) is 48.5 Å². The Hall–Kier alpha value is -1.39. The standard InChI is InChI=1S/C25H21Br2ClO/c1-16-7-6-9-20(24(16)27)18-13-17(19-8-2-4-11-22(19)26)14-25(29,15-18)21-10-3-5-12-23(21)28/h2-12,14,18,29H,13,15H2,1H3. The number of aliphatic hydroxyl groups is 1. The molecule has 4 rings (SSSR count). The third-order valence-corrected chi connectivity index (χ3v) is 7.76. The predicted octanol–water partition coefficient (Wildman–Crippen LogP) is 8.02. The van der Waals surface area contributed by atoms with E-state index in [0.29, 0.717) is 11.4 Å². The lowest BCUT2D eigenvalue weighted by molar-refractivity contribution is 0.0672. The van der Waals surface area contributed by atoms with Gasteiger partial charge in [0.1, 0.15) is 5.60 Å². The third-order valence-electron chi connectivity index (χ3n) is 5.66. The summed E-state index contributed by atoms with van der Waals surface area (Å²) in [5.74, 6) is 0.151. The fraction of sp³-hybridized carbons (Fsp3) is 0.200. The first-order valence-corrected chi connectivity index (χ1v) is 11.5. The average Bonchev–Trinajstić information content (AvgIpc) is 2.70. The molecule has 0 spiro atoms. The second-order valence-electron chi connectivity index (χ2n) is 7.64. The van der Waals surface area contributed by atoms with Gasteiger partial charge in [-0.15, -0.1) is 0 Å². The van der Waals surface area contributed by atoms with Gasteiger partial charge in [0.2, 0.25) is 0 Å². The molecule has 2 unspecified atom stereocenters. The molecule has 2 atom stereocenters. The summed E-state index contributed by atoms with van der Waals surface area (Å²) in [6, 6.07) is 22.1. The summed E-state index contributed by atoms with van der Waals surface area (Å²) >= 11 is 14.0. The quantitative estimate of drug-likeness (QED) is 0.362. The molecule has 1 aliphatic carbocycles. The first-order valence-electron chi connectivity index (χ1n) is 9.58. The van der Waals surface area contributed by atoms with E-state index < -0.39 is 5.60 Å². The Morgan fingerprint density at radius 3 is 2.45 bits per heavy atom. The number of hydrogen-bond donors (Lipinski definition) is 1. The van der Waals surface area contributed by atoms with Crippen molar-refractivity contribution in [2.45, 2.75) is 31.3 Å². The van der Waals surface area contributed by atoms with Crippen LogP contribution >= 0.6 is 43.5 Å². The minimum Gasteiger partial charge on any atom is -0.381 e. The molecule has 4 heteroatoms. The molecule has 0 bridgehead atoms. The molecule has 148 valence electrons. The van der Waals surface area contributed by atoms with Crippen molar-refractivity contribution in [3.63, 3.8) is 0 Å². The SMILES string of the molecule is Cc1cccc(C2CC(c3ccccc3Br)=CC(O)(c3ccccc3Cl)C2)c1Br. The summed E-state index contributed by atoms with van der Waals surface area (Å²) in [6.07, 6.45) is 3.42. The van der Waals surface area contributed by atoms with Crippen LogP contribution in [-0.4, -0.2) is 5.11 Å². The van der Waals surface area contributed by atoms with Gasteiger partial charge in [-0.25, -0.2) is 0 Å². The Morgan fingerprint density at radius 1 is 0.966 bits per heavy atom. The second-order valence-corrected chi connectivity index (χ2v) is 9.69. The van der Waals surface area contributed by atoms with E-state index >= 15 is 0 Å². The van der Waals surface area contributed by atoms with E-state index in [2.05, 4.69) is 63.0 Å². The molecule has 29 heavy (non-hydrogen) atoms. The van der Waals surface area contributed by atoms with Crippen LogP contribution in [0.2, 0.25) is 5.02 Å². The Kier molecular flexibility index (Phi) is 6.04. The molecular formula is C25H21Br2ClO. The molecule has 0 aliphatic heterocycles. The summed E-state index contributed by atoms with van der Waals surface area (Å²) in [7, 11) is 0. The lowest BCUT2D eigenvalue weighted by atomic mass is 9.72. The first-order chi connectivity index (χ1) is 13.9. The monoisotopic (exact) mass is 530 g/mol. The predicted molar refractivity (Wildman–Crippen MR) is 128 cm³/mol. The topological polar surface area (TPSA) is 20.2 Å². The first kappa shape index (κ1) is 20.9. The molecule has 0 radical (unpaired) electrons. The smallest absolute Gasteiger partial charge is 0.110 e. The lowest BCUT2D eigenvalue weighted by Gasteiger charge is -2.37. The van der Waals surface area contributed by atoms with Crippen LogP contribution in [0.5, 0.6) is 0 Å². The normalized spacial score (nSPS) is 21.7. The third kappa shape index (κ3) is 4.11. The molecule has 0 saturated heterocycles. The Bertz CT molecular complexity index is 1090. The molecule has 1 nitrogen and oxygen atoms in total. The zero-order chi connectivity index (χ0) is 20.6. The highest BCUT2D eigenvalue weighted by Gasteiger charge is 2.38. The Labute approximate surface area is 193 Å². The van der Waals surface area contributed by atoms with Crippen molar-refractivity contribution in [1.29, 1.82) is 0 Å². The van der Waals surface area contributed by atoms with Gasteiger partial charge in [0.05, 0.1) is 0 Å². The van der Waals surface area contributed by atoms with Crippen molar-refractivity contribution in [3.05, 3.63) is 109 Å². The van der Waals surface area contributed by atoms with Gasteiger partial charge in [-0.1, -0.05) is 98.1 Å². The zero-order valence-corrected chi connectivity index (χ0v) is 19.9. The number of aryl methyl sites for hydroxylation is 1. The number of halogens is 3. The Morgan fingerprint density at radius 2 is 1.69 bits per heavy atom.